The van der Waals surface area contributed by atoms with Crippen LogP contribution in [0.5, 0.6) is 0 Å². The second-order valence-corrected chi connectivity index (χ2v) is 6.32. The number of epoxide rings is 1. The van der Waals surface area contributed by atoms with Crippen LogP contribution in [-0.2, 0) is 9.53 Å². The van der Waals surface area contributed by atoms with Crippen molar-refractivity contribution in [2.24, 2.45) is 17.3 Å². The van der Waals surface area contributed by atoms with E-state index in [4.69, 9.17) is 4.74 Å². The zero-order chi connectivity index (χ0) is 13.2. The normalized spacial score (nSPS) is 50.1. The highest BCUT2D eigenvalue weighted by atomic mass is 16.6. The number of ether oxygens (including phenoxy) is 1. The number of aliphatic hydroxyl groups excluding tert-OH is 1. The number of rotatable bonds is 1. The highest BCUT2D eigenvalue weighted by Gasteiger charge is 2.62. The molecule has 0 aromatic carbocycles. The standard InChI is InChI=1S/C15H20O3/c1-7(2)9-6-15(4)8(3)12(17)14-13(18-14)10(15)5-11(9)16/h5,8-9,12-14,17H,1,6H2,2-4H3/t8-,9-,12+,13-,14+,15+/m0/s1. The average molecular weight is 248 g/mol. The Hall–Kier alpha value is -0.930. The van der Waals surface area contributed by atoms with Crippen molar-refractivity contribution in [3.63, 3.8) is 0 Å². The van der Waals surface area contributed by atoms with E-state index in [1.807, 2.05) is 6.92 Å². The second kappa shape index (κ2) is 3.55. The van der Waals surface area contributed by atoms with Gasteiger partial charge < -0.3 is 9.84 Å². The predicted molar refractivity (Wildman–Crippen MR) is 67.9 cm³/mol. The van der Waals surface area contributed by atoms with Crippen molar-refractivity contribution in [3.8, 4) is 0 Å². The first-order valence-corrected chi connectivity index (χ1v) is 6.61. The molecule has 3 aliphatic rings. The molecule has 0 radical (unpaired) electrons. The Morgan fingerprint density at radius 1 is 1.61 bits per heavy atom. The predicted octanol–water partition coefficient (Wildman–Crippen LogP) is 1.86. The molecule has 3 nitrogen and oxygen atoms in total. The average Bonchev–Trinajstić information content (AvgIpc) is 3.08. The van der Waals surface area contributed by atoms with Crippen LogP contribution in [0.4, 0.5) is 0 Å². The Balaban J connectivity index is 2.04. The van der Waals surface area contributed by atoms with Gasteiger partial charge in [0.15, 0.2) is 5.78 Å². The van der Waals surface area contributed by atoms with Gasteiger partial charge in [0.05, 0.1) is 6.10 Å². The first-order valence-electron chi connectivity index (χ1n) is 6.61. The Labute approximate surface area is 108 Å². The highest BCUT2D eigenvalue weighted by molar-refractivity contribution is 5.96. The monoisotopic (exact) mass is 248 g/mol. The number of carbonyl (C=O) groups is 1. The number of aliphatic hydroxyl groups is 1. The molecule has 1 heterocycles. The van der Waals surface area contributed by atoms with Gasteiger partial charge in [-0.05, 0) is 36.3 Å². The van der Waals surface area contributed by atoms with Gasteiger partial charge >= 0.3 is 0 Å². The lowest BCUT2D eigenvalue weighted by Gasteiger charge is -2.46. The Morgan fingerprint density at radius 2 is 2.28 bits per heavy atom. The summed E-state index contributed by atoms with van der Waals surface area (Å²) in [6.45, 7) is 10.0. The van der Waals surface area contributed by atoms with Crippen molar-refractivity contribution in [1.82, 2.24) is 0 Å². The lowest BCUT2D eigenvalue weighted by molar-refractivity contribution is -0.119. The van der Waals surface area contributed by atoms with Crippen molar-refractivity contribution in [2.45, 2.75) is 45.5 Å². The summed E-state index contributed by atoms with van der Waals surface area (Å²) in [5.41, 5.74) is 1.86. The van der Waals surface area contributed by atoms with Crippen LogP contribution in [0.25, 0.3) is 0 Å². The Bertz CT molecular complexity index is 464. The molecule has 6 atom stereocenters. The number of fused-ring (bicyclic) bond motifs is 3. The quantitative estimate of drug-likeness (QED) is 0.569. The second-order valence-electron chi connectivity index (χ2n) is 6.32. The van der Waals surface area contributed by atoms with Gasteiger partial charge in [-0.2, -0.15) is 0 Å². The summed E-state index contributed by atoms with van der Waals surface area (Å²) in [4.78, 5) is 12.1. The lowest BCUT2D eigenvalue weighted by Crippen LogP contribution is -2.48. The lowest BCUT2D eigenvalue weighted by atomic mass is 9.57. The van der Waals surface area contributed by atoms with E-state index in [9.17, 15) is 9.90 Å². The zero-order valence-electron chi connectivity index (χ0n) is 11.1. The minimum atomic E-state index is -0.420. The van der Waals surface area contributed by atoms with Crippen LogP contribution in [0.15, 0.2) is 23.8 Å². The van der Waals surface area contributed by atoms with Gasteiger partial charge in [-0.25, -0.2) is 0 Å². The molecule has 0 aromatic rings. The molecule has 0 amide bonds. The van der Waals surface area contributed by atoms with Crippen molar-refractivity contribution < 1.29 is 14.6 Å². The van der Waals surface area contributed by atoms with Crippen LogP contribution in [0.1, 0.15) is 27.2 Å². The van der Waals surface area contributed by atoms with Gasteiger partial charge in [0.25, 0.3) is 0 Å². The van der Waals surface area contributed by atoms with Crippen LogP contribution in [0.2, 0.25) is 0 Å². The van der Waals surface area contributed by atoms with Gasteiger partial charge in [0.1, 0.15) is 12.2 Å². The van der Waals surface area contributed by atoms with Crippen molar-refractivity contribution in [3.05, 3.63) is 23.8 Å². The third kappa shape index (κ3) is 1.41. The molecule has 0 spiro atoms. The summed E-state index contributed by atoms with van der Waals surface area (Å²) in [5.74, 6) is 0.152. The number of hydrogen-bond donors (Lipinski definition) is 1. The molecule has 3 rings (SSSR count). The fraction of sp³-hybridized carbons (Fsp3) is 0.667. The number of allylic oxidation sites excluding steroid dienone is 2. The SMILES string of the molecule is C=C(C)[C@@H]1C[C@@]2(C)C(=CC1=O)[C@@H]1O[C@@H]1[C@H](O)[C@@H]2C. The minimum Gasteiger partial charge on any atom is -0.390 e. The highest BCUT2D eigenvalue weighted by Crippen LogP contribution is 2.58. The van der Waals surface area contributed by atoms with Crippen molar-refractivity contribution >= 4 is 5.78 Å². The Kier molecular flexibility index (Phi) is 2.39. The molecule has 2 aliphatic carbocycles. The first-order chi connectivity index (χ1) is 8.36. The molecular formula is C15H20O3. The zero-order valence-corrected chi connectivity index (χ0v) is 11.1. The van der Waals surface area contributed by atoms with Crippen LogP contribution >= 0.6 is 0 Å². The largest absolute Gasteiger partial charge is 0.390 e. The van der Waals surface area contributed by atoms with Crippen molar-refractivity contribution in [2.75, 3.05) is 0 Å². The van der Waals surface area contributed by atoms with Crippen LogP contribution in [0, 0.1) is 17.3 Å². The van der Waals surface area contributed by atoms with Crippen LogP contribution in [-0.4, -0.2) is 29.2 Å². The number of hydrogen-bond acceptors (Lipinski definition) is 3. The van der Waals surface area contributed by atoms with E-state index >= 15 is 0 Å². The van der Waals surface area contributed by atoms with E-state index < -0.39 is 6.10 Å². The molecule has 0 aromatic heterocycles. The summed E-state index contributed by atoms with van der Waals surface area (Å²) in [6.07, 6.45) is 1.97. The van der Waals surface area contributed by atoms with Crippen LogP contribution < -0.4 is 0 Å². The van der Waals surface area contributed by atoms with Gasteiger partial charge in [-0.1, -0.05) is 26.0 Å². The maximum Gasteiger partial charge on any atom is 0.162 e. The third-order valence-electron chi connectivity index (χ3n) is 5.21. The topological polar surface area (TPSA) is 49.8 Å². The molecule has 0 bridgehead atoms. The fourth-order valence-electron chi connectivity index (χ4n) is 3.63. The summed E-state index contributed by atoms with van der Waals surface area (Å²) in [7, 11) is 0. The smallest absolute Gasteiger partial charge is 0.162 e. The first kappa shape index (κ1) is 12.1. The van der Waals surface area contributed by atoms with E-state index in [-0.39, 0.29) is 35.2 Å². The van der Waals surface area contributed by atoms with Crippen molar-refractivity contribution in [1.29, 1.82) is 0 Å². The number of carbonyl (C=O) groups excluding carboxylic acids is 1. The summed E-state index contributed by atoms with van der Waals surface area (Å²) < 4.78 is 5.55. The summed E-state index contributed by atoms with van der Waals surface area (Å²) in [5, 5.41) is 10.2. The minimum absolute atomic E-state index is 0.0313. The van der Waals surface area contributed by atoms with Crippen LogP contribution in [0.3, 0.4) is 0 Å². The van der Waals surface area contributed by atoms with E-state index in [1.165, 1.54) is 0 Å². The fourth-order valence-corrected chi connectivity index (χ4v) is 3.63. The molecule has 0 unspecified atom stereocenters. The molecule has 2 fully saturated rings. The molecule has 1 aliphatic heterocycles. The maximum absolute atomic E-state index is 12.1. The van der Waals surface area contributed by atoms with E-state index in [1.54, 1.807) is 6.08 Å². The molecule has 98 valence electrons. The molecule has 3 heteroatoms. The molecule has 1 N–H and O–H groups in total. The van der Waals surface area contributed by atoms with E-state index in [0.717, 1.165) is 17.6 Å². The van der Waals surface area contributed by atoms with Gasteiger partial charge in [0, 0.05) is 5.92 Å². The van der Waals surface area contributed by atoms with Gasteiger partial charge in [0.2, 0.25) is 0 Å². The molecular weight excluding hydrogens is 228 g/mol. The Morgan fingerprint density at radius 3 is 2.89 bits per heavy atom. The van der Waals surface area contributed by atoms with E-state index in [0.29, 0.717) is 0 Å². The van der Waals surface area contributed by atoms with Gasteiger partial charge in [-0.3, -0.25) is 4.79 Å². The van der Waals surface area contributed by atoms with Gasteiger partial charge in [-0.15, -0.1) is 0 Å². The number of ketones is 1. The molecule has 1 saturated heterocycles. The maximum atomic E-state index is 12.1. The molecule has 1 saturated carbocycles. The third-order valence-corrected chi connectivity index (χ3v) is 5.21. The molecule has 18 heavy (non-hydrogen) atoms. The summed E-state index contributed by atoms with van der Waals surface area (Å²) in [6, 6.07) is 0. The summed E-state index contributed by atoms with van der Waals surface area (Å²) >= 11 is 0. The van der Waals surface area contributed by atoms with E-state index in [2.05, 4.69) is 20.4 Å².